The largest absolute Gasteiger partial charge is 0.372 e. The molecule has 0 unspecified atom stereocenters. The second-order valence-electron chi connectivity index (χ2n) is 7.07. The molecule has 2 aromatic carbocycles. The van der Waals surface area contributed by atoms with Crippen molar-refractivity contribution in [2.24, 2.45) is 0 Å². The van der Waals surface area contributed by atoms with Gasteiger partial charge in [-0.05, 0) is 65.2 Å². The Hall–Kier alpha value is -1.97. The van der Waals surface area contributed by atoms with Crippen molar-refractivity contribution in [3.63, 3.8) is 0 Å². The van der Waals surface area contributed by atoms with Crippen molar-refractivity contribution in [1.82, 2.24) is 20.1 Å². The number of nitrogens with one attached hydrogen (secondary N) is 2. The van der Waals surface area contributed by atoms with Crippen molar-refractivity contribution >= 4 is 22.6 Å². The minimum Gasteiger partial charge on any atom is -0.372 e. The van der Waals surface area contributed by atoms with E-state index in [0.717, 1.165) is 19.4 Å². The van der Waals surface area contributed by atoms with E-state index >= 15 is 0 Å². The molecular weight excluding hydrogens is 467 g/mol. The number of piperidine rings is 1. The lowest BCUT2D eigenvalue weighted by Gasteiger charge is -2.41. The van der Waals surface area contributed by atoms with Gasteiger partial charge in [-0.25, -0.2) is 9.89 Å². The maximum atomic E-state index is 11.4. The van der Waals surface area contributed by atoms with Crippen LogP contribution < -0.4 is 5.69 Å². The Morgan fingerprint density at radius 1 is 1.18 bits per heavy atom. The van der Waals surface area contributed by atoms with E-state index in [1.807, 2.05) is 6.07 Å². The molecule has 1 aliphatic rings. The fraction of sp³-hybridized carbons (Fsp3) is 0.333. The number of rotatable bonds is 6. The first-order chi connectivity index (χ1) is 13.7. The summed E-state index contributed by atoms with van der Waals surface area (Å²) in [5, 5.41) is 6.55. The molecule has 0 bridgehead atoms. The topological polar surface area (TPSA) is 74.0 Å². The van der Waals surface area contributed by atoms with Gasteiger partial charge in [-0.1, -0.05) is 42.5 Å². The molecule has 6 nitrogen and oxygen atoms in total. The smallest absolute Gasteiger partial charge is 0.340 e. The third kappa shape index (κ3) is 4.71. The molecule has 3 aromatic rings. The molecule has 1 saturated heterocycles. The van der Waals surface area contributed by atoms with Crippen molar-refractivity contribution in [3.05, 3.63) is 85.6 Å². The van der Waals surface area contributed by atoms with Gasteiger partial charge in [0.2, 0.25) is 0 Å². The van der Waals surface area contributed by atoms with Gasteiger partial charge in [0, 0.05) is 3.57 Å². The van der Waals surface area contributed by atoms with Crippen molar-refractivity contribution in [2.45, 2.75) is 38.1 Å². The number of likely N-dealkylation sites (tertiary alicyclic amines) is 1. The van der Waals surface area contributed by atoms with Gasteiger partial charge in [0.25, 0.3) is 0 Å². The van der Waals surface area contributed by atoms with Crippen molar-refractivity contribution < 1.29 is 4.74 Å². The van der Waals surface area contributed by atoms with Crippen molar-refractivity contribution in [3.8, 4) is 0 Å². The summed E-state index contributed by atoms with van der Waals surface area (Å²) in [6.07, 6.45) is 2.14. The Kier molecular flexibility index (Phi) is 6.23. The highest BCUT2D eigenvalue weighted by molar-refractivity contribution is 14.1. The number of benzene rings is 2. The lowest BCUT2D eigenvalue weighted by Crippen LogP contribution is -2.42. The van der Waals surface area contributed by atoms with Gasteiger partial charge in [0.05, 0.1) is 25.3 Å². The Morgan fingerprint density at radius 3 is 2.79 bits per heavy atom. The number of halogens is 1. The molecule has 1 fully saturated rings. The van der Waals surface area contributed by atoms with Gasteiger partial charge >= 0.3 is 5.69 Å². The quantitative estimate of drug-likeness (QED) is 0.518. The Labute approximate surface area is 177 Å². The summed E-state index contributed by atoms with van der Waals surface area (Å²) in [4.78, 5) is 16.5. The molecule has 0 aliphatic carbocycles. The second-order valence-corrected chi connectivity index (χ2v) is 8.32. The molecule has 2 atom stereocenters. The summed E-state index contributed by atoms with van der Waals surface area (Å²) in [6, 6.07) is 19.0. The monoisotopic (exact) mass is 490 g/mol. The fourth-order valence-electron chi connectivity index (χ4n) is 3.86. The number of hydrogen-bond donors (Lipinski definition) is 2. The van der Waals surface area contributed by atoms with Crippen LogP contribution in [0.1, 0.15) is 35.8 Å². The van der Waals surface area contributed by atoms with E-state index in [1.165, 1.54) is 14.7 Å². The van der Waals surface area contributed by atoms with Crippen LogP contribution in [0.2, 0.25) is 0 Å². The molecule has 0 spiro atoms. The molecule has 1 aromatic heterocycles. The molecular formula is C21H23IN4O2. The SMILES string of the molecule is O=c1[nH]nc(CN2CCC[C@H](OCc3cccc(I)c3)[C@@H]2c2ccccc2)[nH]1. The standard InChI is InChI=1S/C21H23IN4O2/c22-17-9-4-6-15(12-17)14-28-18-10-5-11-26(13-19-23-21(27)25-24-19)20(18)16-7-2-1-3-8-16/h1-4,6-9,12,18,20H,5,10-11,13-14H2,(H2,23,24,25,27)/t18-,20-/m0/s1. The molecule has 2 N–H and O–H groups in total. The summed E-state index contributed by atoms with van der Waals surface area (Å²) in [5.74, 6) is 0.657. The van der Waals surface area contributed by atoms with Gasteiger partial charge in [-0.2, -0.15) is 5.10 Å². The van der Waals surface area contributed by atoms with Crippen molar-refractivity contribution in [1.29, 1.82) is 0 Å². The maximum Gasteiger partial charge on any atom is 0.340 e. The summed E-state index contributed by atoms with van der Waals surface area (Å²) >= 11 is 2.33. The van der Waals surface area contributed by atoms with Crippen LogP contribution in [-0.2, 0) is 17.9 Å². The molecule has 0 amide bonds. The van der Waals surface area contributed by atoms with E-state index in [1.54, 1.807) is 0 Å². The highest BCUT2D eigenvalue weighted by Crippen LogP contribution is 2.34. The van der Waals surface area contributed by atoms with Crippen LogP contribution in [0.3, 0.4) is 0 Å². The van der Waals surface area contributed by atoms with E-state index in [-0.39, 0.29) is 17.8 Å². The van der Waals surface area contributed by atoms with E-state index in [4.69, 9.17) is 4.74 Å². The second kappa shape index (κ2) is 9.02. The zero-order valence-corrected chi connectivity index (χ0v) is 17.6. The summed E-state index contributed by atoms with van der Waals surface area (Å²) < 4.78 is 7.63. The highest BCUT2D eigenvalue weighted by atomic mass is 127. The number of nitrogens with zero attached hydrogens (tertiary/aromatic N) is 2. The molecule has 7 heteroatoms. The molecule has 1 aliphatic heterocycles. The van der Waals surface area contributed by atoms with E-state index in [9.17, 15) is 4.79 Å². The molecule has 146 valence electrons. The van der Waals surface area contributed by atoms with Gasteiger partial charge in [-0.3, -0.25) is 9.88 Å². The first-order valence-electron chi connectivity index (χ1n) is 9.47. The minimum atomic E-state index is -0.269. The van der Waals surface area contributed by atoms with Crippen LogP contribution in [0.5, 0.6) is 0 Å². The third-order valence-corrected chi connectivity index (χ3v) is 5.75. The lowest BCUT2D eigenvalue weighted by molar-refractivity contribution is -0.0559. The molecule has 28 heavy (non-hydrogen) atoms. The average Bonchev–Trinajstić information content (AvgIpc) is 3.12. The fourth-order valence-corrected chi connectivity index (χ4v) is 4.47. The molecule has 0 saturated carbocycles. The predicted octanol–water partition coefficient (Wildman–Crippen LogP) is 3.63. The maximum absolute atomic E-state index is 11.4. The van der Waals surface area contributed by atoms with E-state index < -0.39 is 0 Å². The predicted molar refractivity (Wildman–Crippen MR) is 116 cm³/mol. The first kappa shape index (κ1) is 19.4. The van der Waals surface area contributed by atoms with Crippen LogP contribution in [-0.4, -0.2) is 32.7 Å². The zero-order valence-electron chi connectivity index (χ0n) is 15.5. The van der Waals surface area contributed by atoms with Crippen LogP contribution >= 0.6 is 22.6 Å². The molecule has 2 heterocycles. The zero-order chi connectivity index (χ0) is 19.3. The summed E-state index contributed by atoms with van der Waals surface area (Å²) in [7, 11) is 0. The summed E-state index contributed by atoms with van der Waals surface area (Å²) in [5.41, 5.74) is 2.15. The van der Waals surface area contributed by atoms with E-state index in [0.29, 0.717) is 19.0 Å². The Balaban J connectivity index is 1.55. The number of aromatic nitrogens is 3. The number of ether oxygens (including phenoxy) is 1. The van der Waals surface area contributed by atoms with Crippen LogP contribution in [0, 0.1) is 3.57 Å². The van der Waals surface area contributed by atoms with Crippen molar-refractivity contribution in [2.75, 3.05) is 6.54 Å². The molecule has 0 radical (unpaired) electrons. The number of aromatic amines is 2. The van der Waals surface area contributed by atoms with Gasteiger partial charge < -0.3 is 4.74 Å². The van der Waals surface area contributed by atoms with Gasteiger partial charge in [-0.15, -0.1) is 0 Å². The Bertz CT molecular complexity index is 956. The highest BCUT2D eigenvalue weighted by Gasteiger charge is 2.33. The van der Waals surface area contributed by atoms with Crippen LogP contribution in [0.15, 0.2) is 59.4 Å². The molecule has 4 rings (SSSR count). The number of hydrogen-bond acceptors (Lipinski definition) is 4. The van der Waals surface area contributed by atoms with Crippen LogP contribution in [0.25, 0.3) is 0 Å². The minimum absolute atomic E-state index is 0.0830. The number of H-pyrrole nitrogens is 2. The van der Waals surface area contributed by atoms with E-state index in [2.05, 4.69) is 91.2 Å². The van der Waals surface area contributed by atoms with Gasteiger partial charge in [0.15, 0.2) is 0 Å². The van der Waals surface area contributed by atoms with Gasteiger partial charge in [0.1, 0.15) is 5.82 Å². The lowest BCUT2D eigenvalue weighted by atomic mass is 9.92. The summed E-state index contributed by atoms with van der Waals surface area (Å²) in [6.45, 7) is 2.12. The third-order valence-electron chi connectivity index (χ3n) is 5.08. The average molecular weight is 490 g/mol. The van der Waals surface area contributed by atoms with Crippen LogP contribution in [0.4, 0.5) is 0 Å². The normalized spacial score (nSPS) is 20.3. The Morgan fingerprint density at radius 2 is 2.04 bits per heavy atom. The first-order valence-corrected chi connectivity index (χ1v) is 10.6.